The van der Waals surface area contributed by atoms with Crippen LogP contribution in [0, 0.1) is 0 Å². The van der Waals surface area contributed by atoms with Gasteiger partial charge in [-0.1, -0.05) is 0 Å². The third-order valence-corrected chi connectivity index (χ3v) is 3.25. The number of hydrogen-bond acceptors (Lipinski definition) is 11. The molecule has 17 heteroatoms. The monoisotopic (exact) mass is 458 g/mol. The van der Waals surface area contributed by atoms with Crippen molar-refractivity contribution in [2.24, 2.45) is 0 Å². The molecular formula is C2H9ClO11P4Zr. The van der Waals surface area contributed by atoms with Crippen LogP contribution >= 0.6 is 44.6 Å². The van der Waals surface area contributed by atoms with Gasteiger partial charge < -0.3 is 42.9 Å². The Morgan fingerprint density at radius 1 is 0.842 bits per heavy atom. The molecule has 0 aromatic heterocycles. The van der Waals surface area contributed by atoms with Crippen LogP contribution in [0.15, 0.2) is 0 Å². The van der Waals surface area contributed by atoms with E-state index in [0.717, 1.165) is 0 Å². The van der Waals surface area contributed by atoms with Gasteiger partial charge >= 0.3 is 26.2 Å². The molecule has 0 aromatic rings. The minimum Gasteiger partial charge on any atom is -0.781 e. The van der Waals surface area contributed by atoms with Gasteiger partial charge in [-0.05, 0) is 0 Å². The molecule has 0 saturated heterocycles. The summed E-state index contributed by atoms with van der Waals surface area (Å²) in [6, 6.07) is 0. The van der Waals surface area contributed by atoms with Crippen LogP contribution in [0.1, 0.15) is 0 Å². The zero-order valence-corrected chi connectivity index (χ0v) is 16.0. The maximum Gasteiger partial charge on any atom is 4.00 e. The largest absolute Gasteiger partial charge is 4.00 e. The van der Waals surface area contributed by atoms with Gasteiger partial charge in [0.15, 0.2) is 0 Å². The summed E-state index contributed by atoms with van der Waals surface area (Å²) >= 11 is 4.94. The van der Waals surface area contributed by atoms with Crippen LogP contribution in [0.3, 0.4) is 0 Å². The SMILES string of the molecule is O=[PH]([O-])O[PH](=O)[O-].O=[PH]([O-])O[PH](=O)[O-].OCCCl.[Zr+4]. The van der Waals surface area contributed by atoms with Crippen molar-refractivity contribution < 1.29 is 77.8 Å². The van der Waals surface area contributed by atoms with E-state index in [1.807, 2.05) is 0 Å². The van der Waals surface area contributed by atoms with E-state index in [-0.39, 0.29) is 32.8 Å². The van der Waals surface area contributed by atoms with Gasteiger partial charge in [-0.2, -0.15) is 0 Å². The molecule has 0 radical (unpaired) electrons. The third-order valence-electron chi connectivity index (χ3n) is 0.418. The van der Waals surface area contributed by atoms with E-state index in [1.165, 1.54) is 0 Å². The van der Waals surface area contributed by atoms with Gasteiger partial charge in [-0.25, -0.2) is 0 Å². The van der Waals surface area contributed by atoms with Crippen molar-refractivity contribution in [2.75, 3.05) is 12.5 Å². The van der Waals surface area contributed by atoms with E-state index in [4.69, 9.17) is 16.7 Å². The Hall–Kier alpha value is 1.81. The van der Waals surface area contributed by atoms with Gasteiger partial charge in [0.05, 0.1) is 6.61 Å². The van der Waals surface area contributed by atoms with Crippen LogP contribution in [0.5, 0.6) is 0 Å². The summed E-state index contributed by atoms with van der Waals surface area (Å²) in [5.41, 5.74) is 0. The maximum absolute atomic E-state index is 9.29. The van der Waals surface area contributed by atoms with Gasteiger partial charge in [0, 0.05) is 5.88 Å². The molecule has 0 fully saturated rings. The van der Waals surface area contributed by atoms with Gasteiger partial charge in [-0.15, -0.1) is 11.6 Å². The fourth-order valence-corrected chi connectivity index (χ4v) is 1.22. The van der Waals surface area contributed by atoms with Crippen molar-refractivity contribution in [3.05, 3.63) is 0 Å². The van der Waals surface area contributed by atoms with Gasteiger partial charge in [0.25, 0.3) is 0 Å². The number of aliphatic hydroxyl groups excluding tert-OH is 1. The first kappa shape index (κ1) is 28.9. The van der Waals surface area contributed by atoms with Crippen molar-refractivity contribution in [3.63, 3.8) is 0 Å². The Morgan fingerprint density at radius 2 is 1.00 bits per heavy atom. The van der Waals surface area contributed by atoms with Crippen LogP contribution in [0.4, 0.5) is 0 Å². The Morgan fingerprint density at radius 3 is 1.00 bits per heavy atom. The van der Waals surface area contributed by atoms with Crippen molar-refractivity contribution >= 4 is 44.6 Å². The van der Waals surface area contributed by atoms with Crippen molar-refractivity contribution in [3.8, 4) is 0 Å². The van der Waals surface area contributed by atoms with Crippen molar-refractivity contribution in [2.45, 2.75) is 0 Å². The van der Waals surface area contributed by atoms with Crippen molar-refractivity contribution in [1.29, 1.82) is 0 Å². The van der Waals surface area contributed by atoms with Crippen molar-refractivity contribution in [1.82, 2.24) is 0 Å². The first-order valence-corrected chi connectivity index (χ1v) is 8.97. The number of alkyl halides is 1. The van der Waals surface area contributed by atoms with E-state index in [2.05, 4.69) is 8.62 Å². The number of halogens is 1. The van der Waals surface area contributed by atoms with Crippen LogP contribution in [0.25, 0.3) is 0 Å². The molecule has 4 unspecified atom stereocenters. The van der Waals surface area contributed by atoms with Gasteiger partial charge in [0.1, 0.15) is 33.0 Å². The molecule has 0 heterocycles. The number of hydrogen-bond donors (Lipinski definition) is 1. The second-order valence-electron chi connectivity index (χ2n) is 1.62. The number of aliphatic hydroxyl groups is 1. The first-order valence-electron chi connectivity index (χ1n) is 3.53. The molecule has 0 aliphatic rings. The maximum atomic E-state index is 9.29. The normalized spacial score (nSPS) is 15.3. The van der Waals surface area contributed by atoms with Crippen LogP contribution in [-0.2, 0) is 53.1 Å². The predicted molar refractivity (Wildman–Crippen MR) is 56.0 cm³/mol. The molecular weight excluding hydrogens is 451 g/mol. The Bertz CT molecular complexity index is 234. The predicted octanol–water partition coefficient (Wildman–Crippen LogP) is -2.78. The molecule has 0 aliphatic heterocycles. The average Bonchev–Trinajstić information content (AvgIpc) is 2.14. The summed E-state index contributed by atoms with van der Waals surface area (Å²) < 4.78 is 43.6. The second kappa shape index (κ2) is 22.1. The fourth-order valence-electron chi connectivity index (χ4n) is 0.136. The Labute approximate surface area is 134 Å². The Balaban J connectivity index is -0.0000000900. The zero-order chi connectivity index (χ0) is 15.1. The topological polar surface area (TPSA) is 199 Å². The molecule has 11 nitrogen and oxygen atoms in total. The summed E-state index contributed by atoms with van der Waals surface area (Å²) in [6.45, 7) is 0.0849. The summed E-state index contributed by atoms with van der Waals surface area (Å²) in [5.74, 6) is 0.347. The molecule has 0 aliphatic carbocycles. The van der Waals surface area contributed by atoms with E-state index < -0.39 is 33.0 Å². The smallest absolute Gasteiger partial charge is 0.781 e. The zero-order valence-electron chi connectivity index (χ0n) is 8.82. The van der Waals surface area contributed by atoms with Gasteiger partial charge in [-0.3, -0.25) is 8.62 Å². The summed E-state index contributed by atoms with van der Waals surface area (Å²) in [6.07, 6.45) is 0. The fraction of sp³-hybridized carbons (Fsp3) is 1.00. The van der Waals surface area contributed by atoms with Gasteiger partial charge in [0.2, 0.25) is 0 Å². The molecule has 0 rings (SSSR count). The minimum absolute atomic E-state index is 0. The quantitative estimate of drug-likeness (QED) is 0.329. The summed E-state index contributed by atoms with van der Waals surface area (Å²) in [7, 11) is -14.1. The van der Waals surface area contributed by atoms with E-state index in [0.29, 0.717) is 5.88 Å². The van der Waals surface area contributed by atoms with E-state index in [9.17, 15) is 37.8 Å². The molecule has 0 bridgehead atoms. The van der Waals surface area contributed by atoms with Crippen LogP contribution in [-0.4, -0.2) is 17.6 Å². The molecule has 0 aromatic carbocycles. The molecule has 0 amide bonds. The summed E-state index contributed by atoms with van der Waals surface area (Å²) in [4.78, 5) is 37.1. The molecule has 1 N–H and O–H groups in total. The third kappa shape index (κ3) is 53.8. The molecule has 19 heavy (non-hydrogen) atoms. The molecule has 0 spiro atoms. The Kier molecular flexibility index (Phi) is 33.6. The standard InChI is InChI=1S/C2H5ClO.2H4O5P2.Zr/c3-1-2-4;2*1-6(2)5-7(3)4;/h4H,1-2H2;2*6-7H,(H,1,2)(H,3,4);/q;;;+4/p-4. The summed E-state index contributed by atoms with van der Waals surface area (Å²) in [5, 5.41) is 7.74. The van der Waals surface area contributed by atoms with E-state index >= 15 is 0 Å². The molecule has 114 valence electrons. The average molecular weight is 460 g/mol. The van der Waals surface area contributed by atoms with Crippen LogP contribution in [0.2, 0.25) is 0 Å². The second-order valence-corrected chi connectivity index (χ2v) is 5.63. The minimum atomic E-state index is -3.51. The first-order chi connectivity index (χ1) is 8.17. The number of rotatable bonds is 5. The van der Waals surface area contributed by atoms with Crippen LogP contribution < -0.4 is 19.6 Å². The van der Waals surface area contributed by atoms with E-state index in [1.54, 1.807) is 0 Å². The molecule has 4 atom stereocenters. The molecule has 0 saturated carbocycles.